The molecule has 0 aromatic carbocycles. The van der Waals surface area contributed by atoms with Crippen LogP contribution in [0.25, 0.3) is 22.9 Å². The summed E-state index contributed by atoms with van der Waals surface area (Å²) in [6.45, 7) is 0. The van der Waals surface area contributed by atoms with Crippen LogP contribution in [0, 0.1) is 4.77 Å². The number of nitrogens with zero attached hydrogens (tertiary/aromatic N) is 1. The molecule has 0 saturated carbocycles. The van der Waals surface area contributed by atoms with Gasteiger partial charge in [-0.05, 0) is 36.5 Å². The number of furan rings is 2. The van der Waals surface area contributed by atoms with Gasteiger partial charge in [-0.3, -0.25) is 0 Å². The standard InChI is InChI=1S/C12H10N2O2S/c1-14-11(9-5-3-7-16-9)10(13-12(14)17)8-4-2-6-15-8/h2-7H,1H3,(H,13,17). The molecule has 0 radical (unpaired) electrons. The topological polar surface area (TPSA) is 47.0 Å². The Morgan fingerprint density at radius 1 is 1.12 bits per heavy atom. The van der Waals surface area contributed by atoms with Crippen molar-refractivity contribution in [3.05, 3.63) is 41.6 Å². The zero-order chi connectivity index (χ0) is 11.8. The van der Waals surface area contributed by atoms with E-state index in [0.29, 0.717) is 4.77 Å². The van der Waals surface area contributed by atoms with E-state index in [4.69, 9.17) is 21.1 Å². The number of hydrogen-bond donors (Lipinski definition) is 1. The molecule has 5 heteroatoms. The highest BCUT2D eigenvalue weighted by Gasteiger charge is 2.17. The molecular weight excluding hydrogens is 236 g/mol. The molecule has 0 aliphatic heterocycles. The average Bonchev–Trinajstić information content (AvgIpc) is 3.01. The fourth-order valence-corrected chi connectivity index (χ4v) is 2.01. The van der Waals surface area contributed by atoms with Gasteiger partial charge >= 0.3 is 0 Å². The Hall–Kier alpha value is -2.01. The first-order valence-electron chi connectivity index (χ1n) is 5.14. The smallest absolute Gasteiger partial charge is 0.178 e. The molecule has 86 valence electrons. The number of nitrogens with one attached hydrogen (secondary N) is 1. The van der Waals surface area contributed by atoms with Crippen LogP contribution in [0.2, 0.25) is 0 Å². The van der Waals surface area contributed by atoms with Gasteiger partial charge in [-0.1, -0.05) is 0 Å². The van der Waals surface area contributed by atoms with E-state index in [2.05, 4.69) is 4.98 Å². The van der Waals surface area contributed by atoms with Gasteiger partial charge in [-0.2, -0.15) is 0 Å². The number of hydrogen-bond acceptors (Lipinski definition) is 3. The maximum absolute atomic E-state index is 5.42. The van der Waals surface area contributed by atoms with Gasteiger partial charge in [0.1, 0.15) is 11.4 Å². The molecular formula is C12H10N2O2S. The summed E-state index contributed by atoms with van der Waals surface area (Å²) in [6.07, 6.45) is 3.27. The molecule has 0 aliphatic rings. The summed E-state index contributed by atoms with van der Waals surface area (Å²) >= 11 is 5.23. The van der Waals surface area contributed by atoms with Crippen LogP contribution in [0.15, 0.2) is 45.6 Å². The maximum atomic E-state index is 5.42. The lowest BCUT2D eigenvalue weighted by molar-refractivity contribution is 0.571. The Balaban J connectivity index is 2.30. The van der Waals surface area contributed by atoms with E-state index in [1.807, 2.05) is 35.9 Å². The third-order valence-electron chi connectivity index (χ3n) is 2.63. The van der Waals surface area contributed by atoms with Crippen molar-refractivity contribution < 1.29 is 8.83 Å². The average molecular weight is 246 g/mol. The van der Waals surface area contributed by atoms with E-state index in [9.17, 15) is 0 Å². The van der Waals surface area contributed by atoms with Gasteiger partial charge in [-0.15, -0.1) is 0 Å². The molecule has 3 aromatic heterocycles. The first kappa shape index (κ1) is 10.2. The molecule has 0 amide bonds. The summed E-state index contributed by atoms with van der Waals surface area (Å²) in [4.78, 5) is 3.13. The summed E-state index contributed by atoms with van der Waals surface area (Å²) in [6, 6.07) is 7.46. The summed E-state index contributed by atoms with van der Waals surface area (Å²) in [7, 11) is 1.89. The quantitative estimate of drug-likeness (QED) is 0.703. The van der Waals surface area contributed by atoms with Crippen molar-refractivity contribution in [2.24, 2.45) is 7.05 Å². The second-order valence-corrected chi connectivity index (χ2v) is 4.05. The van der Waals surface area contributed by atoms with Crippen molar-refractivity contribution in [3.8, 4) is 22.9 Å². The van der Waals surface area contributed by atoms with Gasteiger partial charge < -0.3 is 18.4 Å². The normalized spacial score (nSPS) is 10.9. The molecule has 0 aliphatic carbocycles. The Kier molecular flexibility index (Phi) is 2.26. The van der Waals surface area contributed by atoms with Crippen molar-refractivity contribution in [1.29, 1.82) is 0 Å². The van der Waals surface area contributed by atoms with Crippen LogP contribution in [-0.4, -0.2) is 9.55 Å². The molecule has 3 heterocycles. The lowest BCUT2D eigenvalue weighted by Crippen LogP contribution is -1.90. The molecule has 3 aromatic rings. The second-order valence-electron chi connectivity index (χ2n) is 3.67. The maximum Gasteiger partial charge on any atom is 0.178 e. The summed E-state index contributed by atoms with van der Waals surface area (Å²) in [5, 5.41) is 0. The Bertz CT molecular complexity index is 675. The molecule has 0 spiro atoms. The lowest BCUT2D eigenvalue weighted by Gasteiger charge is -2.00. The van der Waals surface area contributed by atoms with Crippen LogP contribution in [0.3, 0.4) is 0 Å². The van der Waals surface area contributed by atoms with Gasteiger partial charge in [0.25, 0.3) is 0 Å². The Labute approximate surface area is 102 Å². The van der Waals surface area contributed by atoms with Gasteiger partial charge in [-0.25, -0.2) is 0 Å². The van der Waals surface area contributed by atoms with Crippen LogP contribution in [0.5, 0.6) is 0 Å². The molecule has 0 bridgehead atoms. The van der Waals surface area contributed by atoms with Crippen LogP contribution >= 0.6 is 12.2 Å². The SMILES string of the molecule is Cn1c(-c2ccco2)c(-c2ccco2)[nH]c1=S. The highest BCUT2D eigenvalue weighted by Crippen LogP contribution is 2.31. The number of H-pyrrole nitrogens is 1. The molecule has 0 fully saturated rings. The number of imidazole rings is 1. The minimum absolute atomic E-state index is 0.628. The molecule has 0 atom stereocenters. The van der Waals surface area contributed by atoms with E-state index in [0.717, 1.165) is 22.9 Å². The van der Waals surface area contributed by atoms with Crippen LogP contribution in [0.4, 0.5) is 0 Å². The van der Waals surface area contributed by atoms with Crippen LogP contribution in [-0.2, 0) is 7.05 Å². The zero-order valence-corrected chi connectivity index (χ0v) is 9.95. The number of rotatable bonds is 2. The predicted molar refractivity (Wildman–Crippen MR) is 66.0 cm³/mol. The van der Waals surface area contributed by atoms with E-state index in [1.54, 1.807) is 12.5 Å². The number of aromatic nitrogens is 2. The number of aromatic amines is 1. The zero-order valence-electron chi connectivity index (χ0n) is 9.14. The fraction of sp³-hybridized carbons (Fsp3) is 0.0833. The second kappa shape index (κ2) is 3.78. The highest BCUT2D eigenvalue weighted by molar-refractivity contribution is 7.71. The minimum atomic E-state index is 0.628. The third kappa shape index (κ3) is 1.55. The van der Waals surface area contributed by atoms with Crippen molar-refractivity contribution >= 4 is 12.2 Å². The highest BCUT2D eigenvalue weighted by atomic mass is 32.1. The predicted octanol–water partition coefficient (Wildman–Crippen LogP) is 3.60. The molecule has 17 heavy (non-hydrogen) atoms. The molecule has 4 nitrogen and oxygen atoms in total. The monoisotopic (exact) mass is 246 g/mol. The molecule has 3 rings (SSSR count). The summed E-state index contributed by atoms with van der Waals surface area (Å²) in [5.74, 6) is 1.49. The molecule has 0 saturated heterocycles. The van der Waals surface area contributed by atoms with Gasteiger partial charge in [0, 0.05) is 7.05 Å². The lowest BCUT2D eigenvalue weighted by atomic mass is 10.2. The molecule has 1 N–H and O–H groups in total. The van der Waals surface area contributed by atoms with Crippen molar-refractivity contribution in [2.45, 2.75) is 0 Å². The third-order valence-corrected chi connectivity index (χ3v) is 3.01. The van der Waals surface area contributed by atoms with Crippen molar-refractivity contribution in [1.82, 2.24) is 9.55 Å². The van der Waals surface area contributed by atoms with E-state index in [-0.39, 0.29) is 0 Å². The van der Waals surface area contributed by atoms with E-state index in [1.165, 1.54) is 0 Å². The Morgan fingerprint density at radius 2 is 1.76 bits per heavy atom. The first-order chi connectivity index (χ1) is 8.27. The van der Waals surface area contributed by atoms with Crippen molar-refractivity contribution in [2.75, 3.05) is 0 Å². The van der Waals surface area contributed by atoms with Crippen LogP contribution < -0.4 is 0 Å². The molecule has 0 unspecified atom stereocenters. The summed E-state index contributed by atoms with van der Waals surface area (Å²) < 4.78 is 13.3. The fourth-order valence-electron chi connectivity index (χ4n) is 1.82. The van der Waals surface area contributed by atoms with Crippen molar-refractivity contribution in [3.63, 3.8) is 0 Å². The van der Waals surface area contributed by atoms with Crippen LogP contribution in [0.1, 0.15) is 0 Å². The minimum Gasteiger partial charge on any atom is -0.463 e. The van der Waals surface area contributed by atoms with Gasteiger partial charge in [0.2, 0.25) is 0 Å². The van der Waals surface area contributed by atoms with E-state index < -0.39 is 0 Å². The Morgan fingerprint density at radius 3 is 2.35 bits per heavy atom. The van der Waals surface area contributed by atoms with Gasteiger partial charge in [0.15, 0.2) is 16.3 Å². The van der Waals surface area contributed by atoms with E-state index >= 15 is 0 Å². The van der Waals surface area contributed by atoms with Gasteiger partial charge in [0.05, 0.1) is 12.5 Å². The first-order valence-corrected chi connectivity index (χ1v) is 5.55. The largest absolute Gasteiger partial charge is 0.463 e. The summed E-state index contributed by atoms with van der Waals surface area (Å²) in [5.41, 5.74) is 1.72.